The zero-order valence-electron chi connectivity index (χ0n) is 13.9. The molecule has 1 heterocycles. The molecule has 4 nitrogen and oxygen atoms in total. The second-order valence-corrected chi connectivity index (χ2v) is 6.73. The highest BCUT2D eigenvalue weighted by molar-refractivity contribution is 7.95. The Labute approximate surface area is 148 Å². The van der Waals surface area contributed by atoms with Crippen molar-refractivity contribution in [3.63, 3.8) is 0 Å². The Morgan fingerprint density at radius 3 is 2.88 bits per heavy atom. The van der Waals surface area contributed by atoms with Crippen LogP contribution in [0.5, 0.6) is 0 Å². The highest BCUT2D eigenvalue weighted by Gasteiger charge is 2.23. The van der Waals surface area contributed by atoms with Gasteiger partial charge in [-0.1, -0.05) is 19.1 Å². The summed E-state index contributed by atoms with van der Waals surface area (Å²) in [6, 6.07) is 10.3. The topological polar surface area (TPSA) is 60.7 Å². The van der Waals surface area contributed by atoms with E-state index in [-0.39, 0.29) is 0 Å². The van der Waals surface area contributed by atoms with E-state index in [9.17, 15) is 0 Å². The number of nitrogens with one attached hydrogen (secondary N) is 2. The SMILES string of the molecule is CCCNSNC1CCCc2c(-c3ccc(C#N)cc3)cncc21. The Morgan fingerprint density at radius 2 is 2.12 bits per heavy atom. The van der Waals surface area contributed by atoms with Crippen molar-refractivity contribution in [1.82, 2.24) is 14.4 Å². The molecule has 5 heteroatoms. The molecule has 124 valence electrons. The summed E-state index contributed by atoms with van der Waals surface area (Å²) in [5.74, 6) is 0. The van der Waals surface area contributed by atoms with Crippen molar-refractivity contribution in [2.24, 2.45) is 0 Å². The molecule has 0 bridgehead atoms. The predicted octanol–water partition coefficient (Wildman–Crippen LogP) is 4.15. The molecule has 1 atom stereocenters. The minimum absolute atomic E-state index is 0.328. The number of pyridine rings is 1. The van der Waals surface area contributed by atoms with Crippen molar-refractivity contribution in [3.8, 4) is 17.2 Å². The van der Waals surface area contributed by atoms with Crippen LogP contribution in [0.1, 0.15) is 48.9 Å². The van der Waals surface area contributed by atoms with Gasteiger partial charge in [-0.2, -0.15) is 5.26 Å². The Morgan fingerprint density at radius 1 is 1.29 bits per heavy atom. The van der Waals surface area contributed by atoms with Crippen LogP contribution in [-0.2, 0) is 6.42 Å². The fourth-order valence-corrected chi connectivity index (χ4v) is 3.86. The Kier molecular flexibility index (Phi) is 5.86. The minimum Gasteiger partial charge on any atom is -0.264 e. The van der Waals surface area contributed by atoms with Crippen LogP contribution in [0.25, 0.3) is 11.1 Å². The molecule has 2 N–H and O–H groups in total. The zero-order chi connectivity index (χ0) is 16.8. The van der Waals surface area contributed by atoms with E-state index >= 15 is 0 Å². The molecular formula is C19H22N4S. The van der Waals surface area contributed by atoms with Crippen LogP contribution >= 0.6 is 12.1 Å². The van der Waals surface area contributed by atoms with E-state index in [0.717, 1.165) is 31.4 Å². The van der Waals surface area contributed by atoms with Gasteiger partial charge >= 0.3 is 0 Å². The zero-order valence-corrected chi connectivity index (χ0v) is 14.7. The molecule has 3 rings (SSSR count). The third kappa shape index (κ3) is 3.78. The van der Waals surface area contributed by atoms with Gasteiger partial charge in [0.1, 0.15) is 0 Å². The molecule has 0 radical (unpaired) electrons. The van der Waals surface area contributed by atoms with Gasteiger partial charge in [0.05, 0.1) is 11.6 Å². The number of hydrogen-bond acceptors (Lipinski definition) is 5. The molecule has 1 aliphatic rings. The Bertz CT molecular complexity index is 721. The summed E-state index contributed by atoms with van der Waals surface area (Å²) >= 11 is 1.59. The first-order valence-electron chi connectivity index (χ1n) is 8.45. The molecule has 0 aliphatic heterocycles. The fraction of sp³-hybridized carbons (Fsp3) is 0.368. The lowest BCUT2D eigenvalue weighted by Gasteiger charge is -2.27. The lowest BCUT2D eigenvalue weighted by Crippen LogP contribution is -2.24. The normalized spacial score (nSPS) is 16.4. The van der Waals surface area contributed by atoms with Crippen molar-refractivity contribution >= 4 is 12.1 Å². The highest BCUT2D eigenvalue weighted by atomic mass is 32.2. The van der Waals surface area contributed by atoms with Gasteiger partial charge in [-0.05, 0) is 54.5 Å². The number of nitriles is 1. The Hall–Kier alpha value is -1.87. The monoisotopic (exact) mass is 338 g/mol. The number of aromatic nitrogens is 1. The van der Waals surface area contributed by atoms with E-state index in [0.29, 0.717) is 11.6 Å². The Balaban J connectivity index is 1.84. The van der Waals surface area contributed by atoms with Crippen molar-refractivity contribution in [1.29, 1.82) is 5.26 Å². The van der Waals surface area contributed by atoms with Crippen molar-refractivity contribution < 1.29 is 0 Å². The van der Waals surface area contributed by atoms with Gasteiger partial charge in [0.15, 0.2) is 0 Å². The lowest BCUT2D eigenvalue weighted by molar-refractivity contribution is 0.540. The van der Waals surface area contributed by atoms with Gasteiger partial charge in [0.2, 0.25) is 0 Å². The van der Waals surface area contributed by atoms with E-state index in [4.69, 9.17) is 5.26 Å². The summed E-state index contributed by atoms with van der Waals surface area (Å²) in [6.45, 7) is 3.16. The molecule has 1 aromatic heterocycles. The van der Waals surface area contributed by atoms with Crippen LogP contribution in [0.4, 0.5) is 0 Å². The third-order valence-electron chi connectivity index (χ3n) is 4.34. The first kappa shape index (κ1) is 17.0. The number of hydrogen-bond donors (Lipinski definition) is 2. The van der Waals surface area contributed by atoms with Crippen LogP contribution in [0.2, 0.25) is 0 Å². The van der Waals surface area contributed by atoms with Gasteiger partial charge in [0.25, 0.3) is 0 Å². The third-order valence-corrected chi connectivity index (χ3v) is 5.09. The molecule has 0 fully saturated rings. The average molecular weight is 338 g/mol. The summed E-state index contributed by atoms with van der Waals surface area (Å²) < 4.78 is 6.86. The lowest BCUT2D eigenvalue weighted by atomic mass is 9.85. The van der Waals surface area contributed by atoms with Gasteiger partial charge < -0.3 is 0 Å². The predicted molar refractivity (Wildman–Crippen MR) is 99.1 cm³/mol. The van der Waals surface area contributed by atoms with Gasteiger partial charge in [-0.3, -0.25) is 9.71 Å². The largest absolute Gasteiger partial charge is 0.264 e. The fourth-order valence-electron chi connectivity index (χ4n) is 3.08. The molecule has 0 amide bonds. The molecule has 0 saturated heterocycles. The quantitative estimate of drug-likeness (QED) is 0.612. The van der Waals surface area contributed by atoms with Crippen molar-refractivity contribution in [2.45, 2.75) is 38.6 Å². The van der Waals surface area contributed by atoms with E-state index < -0.39 is 0 Å². The van der Waals surface area contributed by atoms with Crippen LogP contribution in [0, 0.1) is 11.3 Å². The van der Waals surface area contributed by atoms with E-state index in [1.54, 1.807) is 12.1 Å². The van der Waals surface area contributed by atoms with Gasteiger partial charge in [-0.25, -0.2) is 4.72 Å². The number of fused-ring (bicyclic) bond motifs is 1. The van der Waals surface area contributed by atoms with E-state index in [1.807, 2.05) is 36.7 Å². The van der Waals surface area contributed by atoms with Gasteiger partial charge in [-0.15, -0.1) is 0 Å². The number of nitrogens with zero attached hydrogens (tertiary/aromatic N) is 2. The summed E-state index contributed by atoms with van der Waals surface area (Å²) in [5.41, 5.74) is 5.70. The number of benzene rings is 1. The van der Waals surface area contributed by atoms with Crippen molar-refractivity contribution in [3.05, 3.63) is 53.3 Å². The molecular weight excluding hydrogens is 316 g/mol. The van der Waals surface area contributed by atoms with Crippen molar-refractivity contribution in [2.75, 3.05) is 6.54 Å². The maximum atomic E-state index is 8.97. The second kappa shape index (κ2) is 8.29. The first-order valence-corrected chi connectivity index (χ1v) is 9.26. The van der Waals surface area contributed by atoms with Crippen LogP contribution in [0.15, 0.2) is 36.7 Å². The van der Waals surface area contributed by atoms with Gasteiger partial charge in [0, 0.05) is 42.7 Å². The van der Waals surface area contributed by atoms with Crippen LogP contribution < -0.4 is 9.44 Å². The molecule has 1 unspecified atom stereocenters. The standard InChI is InChI=1S/C19H22N4S/c1-2-10-22-24-23-19-5-3-4-16-17(12-21-13-18(16)19)15-8-6-14(11-20)7-9-15/h6-9,12-13,19,22-23H,2-5,10H2,1H3. The molecule has 24 heavy (non-hydrogen) atoms. The smallest absolute Gasteiger partial charge is 0.0991 e. The molecule has 1 aromatic carbocycles. The summed E-state index contributed by atoms with van der Waals surface area (Å²) in [5, 5.41) is 8.97. The summed E-state index contributed by atoms with van der Waals surface area (Å²) in [6.07, 6.45) is 8.46. The van der Waals surface area contributed by atoms with E-state index in [2.05, 4.69) is 27.4 Å². The molecule has 1 aliphatic carbocycles. The number of rotatable bonds is 6. The molecule has 0 spiro atoms. The second-order valence-electron chi connectivity index (χ2n) is 6.00. The first-order chi connectivity index (χ1) is 11.8. The van der Waals surface area contributed by atoms with Crippen LogP contribution in [-0.4, -0.2) is 11.5 Å². The minimum atomic E-state index is 0.328. The molecule has 0 saturated carbocycles. The summed E-state index contributed by atoms with van der Waals surface area (Å²) in [7, 11) is 0. The van der Waals surface area contributed by atoms with E-state index in [1.165, 1.54) is 23.1 Å². The van der Waals surface area contributed by atoms with Crippen LogP contribution in [0.3, 0.4) is 0 Å². The maximum Gasteiger partial charge on any atom is 0.0991 e. The highest BCUT2D eigenvalue weighted by Crippen LogP contribution is 2.36. The molecule has 2 aromatic rings. The maximum absolute atomic E-state index is 8.97. The summed E-state index contributed by atoms with van der Waals surface area (Å²) in [4.78, 5) is 4.48. The average Bonchev–Trinajstić information content (AvgIpc) is 2.65.